The fourth-order valence-corrected chi connectivity index (χ4v) is 6.23. The molecular weight excluding hydrogens is 510 g/mol. The van der Waals surface area contributed by atoms with Crippen LogP contribution in [0.4, 0.5) is 0 Å². The second-order valence-corrected chi connectivity index (χ2v) is 11.3. The molecule has 3 aromatic carbocycles. The first kappa shape index (κ1) is 22.1. The van der Waals surface area contributed by atoms with Crippen molar-refractivity contribution in [3.05, 3.63) is 82.3 Å². The van der Waals surface area contributed by atoms with Gasteiger partial charge in [0.05, 0.1) is 5.52 Å². The highest BCUT2D eigenvalue weighted by atomic mass is 79.9. The normalized spacial score (nSPS) is 18.8. The van der Waals surface area contributed by atoms with Crippen LogP contribution in [0.1, 0.15) is 30.4 Å². The Bertz CT molecular complexity index is 1510. The number of fused-ring (bicyclic) bond motifs is 2. The molecule has 0 radical (unpaired) electrons. The van der Waals surface area contributed by atoms with Crippen LogP contribution in [0.2, 0.25) is 0 Å². The number of allylic oxidation sites excluding steroid dienone is 1. The average molecular weight is 538 g/mol. The predicted octanol–water partition coefficient (Wildman–Crippen LogP) is 6.96. The molecule has 4 aromatic rings. The van der Waals surface area contributed by atoms with E-state index in [-0.39, 0.29) is 0 Å². The van der Waals surface area contributed by atoms with Crippen molar-refractivity contribution >= 4 is 38.9 Å². The Kier molecular flexibility index (Phi) is 5.35. The highest BCUT2D eigenvalue weighted by Gasteiger charge is 2.36. The monoisotopic (exact) mass is 537 g/mol. The number of carbonyl (C=O) groups excluding carboxylic acids is 1. The third-order valence-corrected chi connectivity index (χ3v) is 8.59. The molecule has 180 valence electrons. The van der Waals surface area contributed by atoms with Crippen molar-refractivity contribution in [1.82, 2.24) is 14.5 Å². The highest BCUT2D eigenvalue weighted by Crippen LogP contribution is 2.35. The standard InChI is InChI=1S/C31H28BrN3O/c32-27-5-2-6-28-29(27)33-30(35(28)19-20-15-16-34(18-20)31(36)24-12-13-24)23-10-7-22(8-11-23)26-14-9-21-3-1-4-25(21)17-26/h1-2,4-11,14,17,20,24H,3,12-13,15-16,18-19H2/t20-/m1/s1. The molecule has 1 atom stereocenters. The van der Waals surface area contributed by atoms with Crippen LogP contribution < -0.4 is 0 Å². The Hall–Kier alpha value is -3.18. The smallest absolute Gasteiger partial charge is 0.225 e. The second kappa shape index (κ2) is 8.74. The number of hydrogen-bond donors (Lipinski definition) is 0. The second-order valence-electron chi connectivity index (χ2n) is 10.5. The van der Waals surface area contributed by atoms with Gasteiger partial charge in [-0.15, -0.1) is 0 Å². The number of likely N-dealkylation sites (tertiary alicyclic amines) is 1. The summed E-state index contributed by atoms with van der Waals surface area (Å²) in [6.07, 6.45) is 8.68. The molecule has 1 saturated carbocycles. The molecule has 1 amide bonds. The molecule has 0 N–H and O–H groups in total. The van der Waals surface area contributed by atoms with E-state index < -0.39 is 0 Å². The zero-order valence-electron chi connectivity index (χ0n) is 20.2. The summed E-state index contributed by atoms with van der Waals surface area (Å²) < 4.78 is 3.38. The summed E-state index contributed by atoms with van der Waals surface area (Å²) in [6, 6.07) is 21.9. The van der Waals surface area contributed by atoms with Gasteiger partial charge in [-0.2, -0.15) is 0 Å². The Morgan fingerprint density at radius 2 is 1.78 bits per heavy atom. The summed E-state index contributed by atoms with van der Waals surface area (Å²) in [7, 11) is 0. The number of para-hydroxylation sites is 1. The van der Waals surface area contributed by atoms with Crippen LogP contribution >= 0.6 is 15.9 Å². The van der Waals surface area contributed by atoms with E-state index in [1.54, 1.807) is 0 Å². The third-order valence-electron chi connectivity index (χ3n) is 7.95. The van der Waals surface area contributed by atoms with Crippen LogP contribution in [0.5, 0.6) is 0 Å². The molecule has 1 saturated heterocycles. The van der Waals surface area contributed by atoms with Gasteiger partial charge in [-0.05, 0) is 88.0 Å². The van der Waals surface area contributed by atoms with Gasteiger partial charge < -0.3 is 9.47 Å². The first-order chi connectivity index (χ1) is 17.6. The molecular formula is C31H28BrN3O. The summed E-state index contributed by atoms with van der Waals surface area (Å²) in [5.41, 5.74) is 8.44. The minimum Gasteiger partial charge on any atom is -0.342 e. The molecule has 2 fully saturated rings. The summed E-state index contributed by atoms with van der Waals surface area (Å²) in [5.74, 6) is 2.10. The number of rotatable bonds is 5. The van der Waals surface area contributed by atoms with Gasteiger partial charge in [0.1, 0.15) is 11.3 Å². The molecule has 0 unspecified atom stereocenters. The maximum atomic E-state index is 12.6. The van der Waals surface area contributed by atoms with E-state index in [1.165, 1.54) is 22.3 Å². The van der Waals surface area contributed by atoms with Crippen LogP contribution in [0.15, 0.2) is 71.2 Å². The van der Waals surface area contributed by atoms with Gasteiger partial charge in [0.2, 0.25) is 5.91 Å². The molecule has 1 aliphatic heterocycles. The van der Waals surface area contributed by atoms with Crippen molar-refractivity contribution in [3.63, 3.8) is 0 Å². The fraction of sp³-hybridized carbons (Fsp3) is 0.290. The number of benzene rings is 3. The summed E-state index contributed by atoms with van der Waals surface area (Å²) in [6.45, 7) is 2.61. The van der Waals surface area contributed by atoms with Crippen LogP contribution in [-0.2, 0) is 17.8 Å². The number of carbonyl (C=O) groups is 1. The number of imidazole rings is 1. The topological polar surface area (TPSA) is 38.1 Å². The molecule has 0 bridgehead atoms. The number of hydrogen-bond acceptors (Lipinski definition) is 2. The van der Waals surface area contributed by atoms with E-state index in [4.69, 9.17) is 4.98 Å². The minimum atomic E-state index is 0.296. The lowest BCUT2D eigenvalue weighted by Crippen LogP contribution is -2.30. The van der Waals surface area contributed by atoms with Gasteiger partial charge >= 0.3 is 0 Å². The molecule has 2 aliphatic carbocycles. The Balaban J connectivity index is 1.21. The molecule has 2 heterocycles. The maximum absolute atomic E-state index is 12.6. The van der Waals surface area contributed by atoms with E-state index in [9.17, 15) is 4.79 Å². The number of halogens is 1. The molecule has 4 nitrogen and oxygen atoms in total. The molecule has 3 aliphatic rings. The van der Waals surface area contributed by atoms with E-state index in [0.29, 0.717) is 17.7 Å². The van der Waals surface area contributed by atoms with Gasteiger partial charge in [-0.3, -0.25) is 4.79 Å². The minimum absolute atomic E-state index is 0.296. The van der Waals surface area contributed by atoms with E-state index in [0.717, 1.165) is 72.2 Å². The Labute approximate surface area is 219 Å². The summed E-state index contributed by atoms with van der Waals surface area (Å²) in [5, 5.41) is 0. The number of aromatic nitrogens is 2. The van der Waals surface area contributed by atoms with Crippen LogP contribution in [-0.4, -0.2) is 33.4 Å². The number of nitrogens with zero attached hydrogens (tertiary/aromatic N) is 3. The van der Waals surface area contributed by atoms with Crippen molar-refractivity contribution in [1.29, 1.82) is 0 Å². The van der Waals surface area contributed by atoms with Crippen molar-refractivity contribution in [2.24, 2.45) is 11.8 Å². The van der Waals surface area contributed by atoms with Crippen LogP contribution in [0.25, 0.3) is 39.6 Å². The molecule has 7 rings (SSSR count). The molecule has 0 spiro atoms. The summed E-state index contributed by atoms with van der Waals surface area (Å²) >= 11 is 3.71. The van der Waals surface area contributed by atoms with Crippen molar-refractivity contribution < 1.29 is 4.79 Å². The van der Waals surface area contributed by atoms with Gasteiger partial charge in [-0.25, -0.2) is 4.98 Å². The van der Waals surface area contributed by atoms with Crippen LogP contribution in [0, 0.1) is 11.8 Å². The van der Waals surface area contributed by atoms with E-state index >= 15 is 0 Å². The zero-order valence-corrected chi connectivity index (χ0v) is 21.7. The first-order valence-electron chi connectivity index (χ1n) is 13.0. The van der Waals surface area contributed by atoms with Gasteiger partial charge in [-0.1, -0.05) is 54.6 Å². The van der Waals surface area contributed by atoms with E-state index in [2.05, 4.69) is 98.2 Å². The quantitative estimate of drug-likeness (QED) is 0.276. The van der Waals surface area contributed by atoms with Crippen molar-refractivity contribution in [3.8, 4) is 22.5 Å². The lowest BCUT2D eigenvalue weighted by atomic mass is 9.99. The molecule has 1 aromatic heterocycles. The number of amides is 1. The lowest BCUT2D eigenvalue weighted by molar-refractivity contribution is -0.131. The predicted molar refractivity (Wildman–Crippen MR) is 148 cm³/mol. The lowest BCUT2D eigenvalue weighted by Gasteiger charge is -2.18. The van der Waals surface area contributed by atoms with Gasteiger partial charge in [0.15, 0.2) is 0 Å². The highest BCUT2D eigenvalue weighted by molar-refractivity contribution is 9.10. The largest absolute Gasteiger partial charge is 0.342 e. The first-order valence-corrected chi connectivity index (χ1v) is 13.8. The van der Waals surface area contributed by atoms with Gasteiger partial charge in [0.25, 0.3) is 0 Å². The Morgan fingerprint density at radius 3 is 2.61 bits per heavy atom. The van der Waals surface area contributed by atoms with Crippen LogP contribution in [0.3, 0.4) is 0 Å². The fourth-order valence-electron chi connectivity index (χ4n) is 5.79. The third kappa shape index (κ3) is 3.90. The Morgan fingerprint density at radius 1 is 0.972 bits per heavy atom. The summed E-state index contributed by atoms with van der Waals surface area (Å²) in [4.78, 5) is 19.8. The van der Waals surface area contributed by atoms with Gasteiger partial charge in [0, 0.05) is 35.6 Å². The maximum Gasteiger partial charge on any atom is 0.225 e. The van der Waals surface area contributed by atoms with Crippen molar-refractivity contribution in [2.45, 2.75) is 32.2 Å². The SMILES string of the molecule is O=C(C1CC1)N1CC[C@@H](Cn2c(-c3ccc(-c4ccc5c(c4)C=CC5)cc3)nc3c(Br)cccc32)C1. The van der Waals surface area contributed by atoms with Crippen molar-refractivity contribution in [2.75, 3.05) is 13.1 Å². The molecule has 36 heavy (non-hydrogen) atoms. The average Bonchev–Trinajstić information content (AvgIpc) is 3.30. The zero-order chi connectivity index (χ0) is 24.2. The van der Waals surface area contributed by atoms with E-state index in [1.807, 2.05) is 0 Å². The molecule has 5 heteroatoms.